The lowest BCUT2D eigenvalue weighted by atomic mass is 9.81. The average Bonchev–Trinajstić information content (AvgIpc) is 2.70. The minimum absolute atomic E-state index is 0.00450. The van der Waals surface area contributed by atoms with Crippen LogP contribution in [0.3, 0.4) is 0 Å². The Kier molecular flexibility index (Phi) is 9.94. The van der Waals surface area contributed by atoms with Crippen LogP contribution in [0.15, 0.2) is 0 Å². The zero-order valence-corrected chi connectivity index (χ0v) is 21.1. The Hall–Kier alpha value is -1.22. The van der Waals surface area contributed by atoms with Gasteiger partial charge in [0.15, 0.2) is 6.29 Å². The van der Waals surface area contributed by atoms with Gasteiger partial charge in [0.2, 0.25) is 11.8 Å². The van der Waals surface area contributed by atoms with Crippen LogP contribution in [0.2, 0.25) is 0 Å². The molecular formula is C24H45N3O5. The quantitative estimate of drug-likeness (QED) is 0.676. The normalized spacial score (nSPS) is 39.0. The van der Waals surface area contributed by atoms with Crippen LogP contribution in [0.5, 0.6) is 0 Å². The fourth-order valence-corrected chi connectivity index (χ4v) is 5.03. The molecule has 0 aliphatic carbocycles. The van der Waals surface area contributed by atoms with Gasteiger partial charge in [-0.25, -0.2) is 0 Å². The smallest absolute Gasteiger partial charge is 0.224 e. The second-order valence-electron chi connectivity index (χ2n) is 10.5. The topological polar surface area (TPSA) is 91.3 Å². The van der Waals surface area contributed by atoms with Crippen LogP contribution in [0.1, 0.15) is 66.2 Å². The van der Waals surface area contributed by atoms with Crippen molar-refractivity contribution >= 4 is 11.8 Å². The van der Waals surface area contributed by atoms with E-state index in [4.69, 9.17) is 9.47 Å². The maximum Gasteiger partial charge on any atom is 0.224 e. The van der Waals surface area contributed by atoms with Gasteiger partial charge < -0.3 is 29.7 Å². The number of hydrogen-bond donors (Lipinski definition) is 2. The Balaban J connectivity index is 2.21. The summed E-state index contributed by atoms with van der Waals surface area (Å²) in [5.74, 6) is -0.372. The molecule has 186 valence electrons. The Morgan fingerprint density at radius 2 is 1.88 bits per heavy atom. The summed E-state index contributed by atoms with van der Waals surface area (Å²) < 4.78 is 12.6. The molecule has 0 bridgehead atoms. The van der Waals surface area contributed by atoms with E-state index in [1.54, 1.807) is 11.9 Å². The van der Waals surface area contributed by atoms with Crippen molar-refractivity contribution in [2.45, 2.75) is 96.4 Å². The molecule has 2 N–H and O–H groups in total. The maximum atomic E-state index is 12.6. The summed E-state index contributed by atoms with van der Waals surface area (Å²) in [5.41, 5.74) is -1.11. The van der Waals surface area contributed by atoms with E-state index in [0.717, 1.165) is 12.8 Å². The first-order valence-corrected chi connectivity index (χ1v) is 12.1. The molecule has 2 aliphatic heterocycles. The van der Waals surface area contributed by atoms with Crippen molar-refractivity contribution in [3.8, 4) is 0 Å². The van der Waals surface area contributed by atoms with Crippen molar-refractivity contribution in [2.24, 2.45) is 11.8 Å². The molecule has 2 rings (SSSR count). The zero-order chi connectivity index (χ0) is 24.1. The van der Waals surface area contributed by atoms with E-state index in [1.165, 1.54) is 0 Å². The lowest BCUT2D eigenvalue weighted by Crippen LogP contribution is -2.51. The zero-order valence-electron chi connectivity index (χ0n) is 21.1. The van der Waals surface area contributed by atoms with E-state index >= 15 is 0 Å². The summed E-state index contributed by atoms with van der Waals surface area (Å²) in [6, 6.07) is 0.354. The van der Waals surface area contributed by atoms with Crippen LogP contribution >= 0.6 is 0 Å². The highest BCUT2D eigenvalue weighted by molar-refractivity contribution is 5.80. The summed E-state index contributed by atoms with van der Waals surface area (Å²) in [5, 5.41) is 14.4. The number of hydrogen-bond acceptors (Lipinski definition) is 6. The third-order valence-corrected chi connectivity index (χ3v) is 7.02. The second-order valence-corrected chi connectivity index (χ2v) is 10.5. The monoisotopic (exact) mass is 455 g/mol. The van der Waals surface area contributed by atoms with E-state index in [2.05, 4.69) is 31.2 Å². The SMILES string of the molecule is C[C@@H]1C[C@H](N(C)C)CC(O[C@@H]2[C@@H](C)C[C@@H](C)C(=O)NCCC(=O)N(C)CCC[C@@]2(C)O)O1. The molecule has 0 radical (unpaired) electrons. The molecule has 2 heterocycles. The van der Waals surface area contributed by atoms with Gasteiger partial charge >= 0.3 is 0 Å². The summed E-state index contributed by atoms with van der Waals surface area (Å²) in [6.45, 7) is 8.69. The summed E-state index contributed by atoms with van der Waals surface area (Å²) in [4.78, 5) is 28.7. The average molecular weight is 456 g/mol. The number of carbonyl (C=O) groups excluding carboxylic acids is 2. The summed E-state index contributed by atoms with van der Waals surface area (Å²) >= 11 is 0. The molecule has 2 aliphatic rings. The van der Waals surface area contributed by atoms with E-state index in [-0.39, 0.29) is 36.2 Å². The lowest BCUT2D eigenvalue weighted by molar-refractivity contribution is -0.260. The van der Waals surface area contributed by atoms with Crippen LogP contribution in [-0.4, -0.2) is 91.1 Å². The summed E-state index contributed by atoms with van der Waals surface area (Å²) in [6.07, 6.45) is 2.91. The van der Waals surface area contributed by atoms with Crippen LogP contribution < -0.4 is 5.32 Å². The van der Waals surface area contributed by atoms with Crippen molar-refractivity contribution < 1.29 is 24.2 Å². The highest BCUT2D eigenvalue weighted by atomic mass is 16.7. The Bertz CT molecular complexity index is 627. The van der Waals surface area contributed by atoms with Crippen LogP contribution in [0.25, 0.3) is 0 Å². The van der Waals surface area contributed by atoms with Gasteiger partial charge in [0.1, 0.15) is 0 Å². The first-order chi connectivity index (χ1) is 14.9. The Morgan fingerprint density at radius 1 is 1.19 bits per heavy atom. The number of nitrogens with one attached hydrogen (secondary N) is 1. The second kappa shape index (κ2) is 11.8. The fraction of sp³-hybridized carbons (Fsp3) is 0.917. The minimum Gasteiger partial charge on any atom is -0.387 e. The van der Waals surface area contributed by atoms with Gasteiger partial charge in [-0.05, 0) is 59.5 Å². The highest BCUT2D eigenvalue weighted by Crippen LogP contribution is 2.33. The van der Waals surface area contributed by atoms with Gasteiger partial charge in [-0.3, -0.25) is 9.59 Å². The van der Waals surface area contributed by atoms with Gasteiger partial charge in [0.05, 0.1) is 17.8 Å². The summed E-state index contributed by atoms with van der Waals surface area (Å²) in [7, 11) is 5.90. The standard InChI is InChI=1S/C24H45N3O5/c1-16-13-17(2)23(29)25-11-9-20(28)27(7)12-8-10-24(4,30)22(16)32-21-15-19(26(5)6)14-18(3)31-21/h16-19,21-22,30H,8-15H2,1-7H3,(H,25,29)/t16-,17+,18+,19-,21?,22+,24+/m0/s1. The lowest BCUT2D eigenvalue weighted by Gasteiger charge is -2.43. The molecule has 0 saturated carbocycles. The van der Waals surface area contributed by atoms with Crippen LogP contribution in [0, 0.1) is 11.8 Å². The van der Waals surface area contributed by atoms with Gasteiger partial charge in [-0.2, -0.15) is 0 Å². The minimum atomic E-state index is -1.11. The van der Waals surface area contributed by atoms with E-state index in [1.807, 2.05) is 20.8 Å². The number of rotatable bonds is 3. The third-order valence-electron chi connectivity index (χ3n) is 7.02. The van der Waals surface area contributed by atoms with E-state index in [0.29, 0.717) is 38.4 Å². The van der Waals surface area contributed by atoms with Crippen LogP contribution in [-0.2, 0) is 19.1 Å². The first kappa shape index (κ1) is 27.0. The number of amides is 2. The molecule has 0 spiro atoms. The molecule has 0 aromatic carbocycles. The predicted molar refractivity (Wildman–Crippen MR) is 124 cm³/mol. The maximum absolute atomic E-state index is 12.6. The van der Waals surface area contributed by atoms with Crippen molar-refractivity contribution in [2.75, 3.05) is 34.2 Å². The van der Waals surface area contributed by atoms with Crippen molar-refractivity contribution in [3.05, 3.63) is 0 Å². The van der Waals surface area contributed by atoms with Gasteiger partial charge in [0.25, 0.3) is 0 Å². The number of aliphatic hydroxyl groups is 1. The molecule has 32 heavy (non-hydrogen) atoms. The molecule has 8 heteroatoms. The number of nitrogens with zero attached hydrogens (tertiary/aromatic N) is 2. The molecule has 0 aromatic heterocycles. The molecule has 8 nitrogen and oxygen atoms in total. The fourth-order valence-electron chi connectivity index (χ4n) is 5.03. The number of carbonyl (C=O) groups is 2. The Morgan fingerprint density at radius 3 is 2.53 bits per heavy atom. The first-order valence-electron chi connectivity index (χ1n) is 12.1. The van der Waals surface area contributed by atoms with Gasteiger partial charge in [-0.15, -0.1) is 0 Å². The Labute approximate surface area is 194 Å². The predicted octanol–water partition coefficient (Wildman–Crippen LogP) is 2.00. The van der Waals surface area contributed by atoms with Crippen LogP contribution in [0.4, 0.5) is 0 Å². The highest BCUT2D eigenvalue weighted by Gasteiger charge is 2.41. The van der Waals surface area contributed by atoms with E-state index < -0.39 is 18.0 Å². The molecular weight excluding hydrogens is 410 g/mol. The van der Waals surface area contributed by atoms with Crippen molar-refractivity contribution in [1.82, 2.24) is 15.1 Å². The number of ether oxygens (including phenoxy) is 2. The van der Waals surface area contributed by atoms with Gasteiger partial charge in [-0.1, -0.05) is 13.8 Å². The van der Waals surface area contributed by atoms with Crippen molar-refractivity contribution in [1.29, 1.82) is 0 Å². The van der Waals surface area contributed by atoms with Gasteiger partial charge in [0, 0.05) is 44.9 Å². The van der Waals surface area contributed by atoms with Crippen molar-refractivity contribution in [3.63, 3.8) is 0 Å². The molecule has 2 amide bonds. The molecule has 2 fully saturated rings. The third kappa shape index (κ3) is 7.68. The largest absolute Gasteiger partial charge is 0.387 e. The van der Waals surface area contributed by atoms with E-state index in [9.17, 15) is 14.7 Å². The molecule has 0 aromatic rings. The molecule has 7 atom stereocenters. The molecule has 2 saturated heterocycles. The molecule has 1 unspecified atom stereocenters.